The van der Waals surface area contributed by atoms with Crippen LogP contribution in [0.3, 0.4) is 0 Å². The van der Waals surface area contributed by atoms with E-state index >= 15 is 0 Å². The minimum Gasteiger partial charge on any atom is -0.388 e. The van der Waals surface area contributed by atoms with Crippen molar-refractivity contribution in [1.29, 1.82) is 0 Å². The number of hydrogen-bond donors (Lipinski definition) is 1. The fourth-order valence-electron chi connectivity index (χ4n) is 7.13. The Hall–Kier alpha value is -2.29. The molecule has 0 aliphatic carbocycles. The highest BCUT2D eigenvalue weighted by atomic mass is 16.5. The molecule has 0 unspecified atom stereocenters. The summed E-state index contributed by atoms with van der Waals surface area (Å²) in [5, 5.41) is 10.8. The Kier molecular flexibility index (Phi) is 15.5. The van der Waals surface area contributed by atoms with Gasteiger partial charge in [0, 0.05) is 46.1 Å². The third kappa shape index (κ3) is 9.37. The molecule has 0 spiro atoms. The van der Waals surface area contributed by atoms with Crippen LogP contribution in [-0.4, -0.2) is 84.6 Å². The van der Waals surface area contributed by atoms with Crippen LogP contribution in [0.4, 0.5) is 0 Å². The summed E-state index contributed by atoms with van der Waals surface area (Å²) in [6, 6.07) is 8.92. The Morgan fingerprint density at radius 1 is 0.955 bits per heavy atom. The molecule has 2 amide bonds. The van der Waals surface area contributed by atoms with Gasteiger partial charge in [0.25, 0.3) is 0 Å². The summed E-state index contributed by atoms with van der Waals surface area (Å²) in [4.78, 5) is 44.7. The monoisotopic (exact) mass is 616 g/mol. The number of hydrogen-bond acceptors (Lipinski definition) is 6. The topological polar surface area (TPSA) is 96.4 Å². The standard InChI is InChI=1S/C36H60N2O6/c1-11-24(5)33(37(8)36(42)28(12-2)23(3)4)31(43-9)22-32(40)38-20-16-19-29(38)35(44-10)26(7)30(39)21-25(6)34(41)27-17-14-13-15-18-27/h13-15,17-18,23-26,28-29,31,33-35,41H,11-12,16,19-22H2,1-10H3/t24-,25-,26-,28-,29-,31+,33-,34+,35+/m0/s1. The van der Waals surface area contributed by atoms with E-state index in [0.717, 1.165) is 31.2 Å². The maximum atomic E-state index is 13.9. The Labute approximate surface area is 266 Å². The van der Waals surface area contributed by atoms with Crippen molar-refractivity contribution in [2.45, 2.75) is 117 Å². The molecule has 44 heavy (non-hydrogen) atoms. The van der Waals surface area contributed by atoms with Crippen molar-refractivity contribution < 1.29 is 29.0 Å². The zero-order valence-electron chi connectivity index (χ0n) is 29.0. The lowest BCUT2D eigenvalue weighted by molar-refractivity contribution is -0.148. The SMILES string of the molecule is CC[C@H](C(=O)N(C)[C@@H]([C@@H](C)CC)[C@@H](CC(=O)N1CCC[C@H]1[C@H](OC)[C@@H](C)C(=O)C[C@H](C)[C@@H](O)c1ccccc1)OC)C(C)C. The molecular formula is C36H60N2O6. The number of carbonyl (C=O) groups is 3. The molecule has 1 fully saturated rings. The normalized spacial score (nSPS) is 20.8. The number of aliphatic hydroxyl groups excluding tert-OH is 1. The lowest BCUT2D eigenvalue weighted by atomic mass is 9.85. The first-order chi connectivity index (χ1) is 20.8. The number of aliphatic hydroxyl groups is 1. The van der Waals surface area contributed by atoms with Gasteiger partial charge in [0.05, 0.1) is 36.8 Å². The number of carbonyl (C=O) groups excluding carboxylic acids is 3. The average Bonchev–Trinajstić information content (AvgIpc) is 3.50. The van der Waals surface area contributed by atoms with Crippen LogP contribution in [0, 0.1) is 29.6 Å². The van der Waals surface area contributed by atoms with Gasteiger partial charge in [-0.1, -0.05) is 85.2 Å². The van der Waals surface area contributed by atoms with Crippen LogP contribution in [0.25, 0.3) is 0 Å². The number of benzene rings is 1. The lowest BCUT2D eigenvalue weighted by Crippen LogP contribution is -2.54. The molecule has 1 aliphatic rings. The third-order valence-corrected chi connectivity index (χ3v) is 10.1. The first kappa shape index (κ1) is 37.9. The number of ketones is 1. The highest BCUT2D eigenvalue weighted by molar-refractivity contribution is 5.82. The van der Waals surface area contributed by atoms with Crippen molar-refractivity contribution in [3.8, 4) is 0 Å². The summed E-state index contributed by atoms with van der Waals surface area (Å²) in [5.74, 6) is -0.353. The van der Waals surface area contributed by atoms with E-state index in [1.807, 2.05) is 68.0 Å². The van der Waals surface area contributed by atoms with Crippen LogP contribution in [0.15, 0.2) is 30.3 Å². The predicted molar refractivity (Wildman–Crippen MR) is 175 cm³/mol. The van der Waals surface area contributed by atoms with Gasteiger partial charge < -0.3 is 24.4 Å². The molecule has 0 radical (unpaired) electrons. The van der Waals surface area contributed by atoms with Crippen molar-refractivity contribution >= 4 is 17.6 Å². The molecule has 1 aromatic carbocycles. The van der Waals surface area contributed by atoms with E-state index < -0.39 is 24.2 Å². The Balaban J connectivity index is 2.19. The fraction of sp³-hybridized carbons (Fsp3) is 0.750. The van der Waals surface area contributed by atoms with Crippen LogP contribution in [0.1, 0.15) is 98.7 Å². The van der Waals surface area contributed by atoms with E-state index in [0.29, 0.717) is 6.54 Å². The molecule has 0 bridgehead atoms. The van der Waals surface area contributed by atoms with Gasteiger partial charge in [0.1, 0.15) is 5.78 Å². The number of methoxy groups -OCH3 is 2. The maximum Gasteiger partial charge on any atom is 0.226 e. The summed E-state index contributed by atoms with van der Waals surface area (Å²) in [6.45, 7) is 14.8. The van der Waals surface area contributed by atoms with Crippen LogP contribution >= 0.6 is 0 Å². The molecule has 1 saturated heterocycles. The van der Waals surface area contributed by atoms with Gasteiger partial charge in [-0.05, 0) is 42.6 Å². The quantitative estimate of drug-likeness (QED) is 0.220. The lowest BCUT2D eigenvalue weighted by Gasteiger charge is -2.40. The number of likely N-dealkylation sites (tertiary alicyclic amines) is 1. The first-order valence-electron chi connectivity index (χ1n) is 16.7. The third-order valence-electron chi connectivity index (χ3n) is 10.1. The van der Waals surface area contributed by atoms with E-state index in [-0.39, 0.29) is 66.2 Å². The van der Waals surface area contributed by atoms with E-state index in [4.69, 9.17) is 9.47 Å². The molecule has 8 nitrogen and oxygen atoms in total. The zero-order chi connectivity index (χ0) is 33.1. The number of likely N-dealkylation sites (N-methyl/N-ethyl adjacent to an activating group) is 1. The van der Waals surface area contributed by atoms with Gasteiger partial charge in [-0.15, -0.1) is 0 Å². The van der Waals surface area contributed by atoms with E-state index in [1.54, 1.807) is 14.2 Å². The number of nitrogens with zero attached hydrogens (tertiary/aromatic N) is 2. The van der Waals surface area contributed by atoms with Crippen molar-refractivity contribution in [3.05, 3.63) is 35.9 Å². The van der Waals surface area contributed by atoms with E-state index in [9.17, 15) is 19.5 Å². The molecule has 1 aliphatic heterocycles. The summed E-state index contributed by atoms with van der Waals surface area (Å²) in [5.41, 5.74) is 0.793. The minimum absolute atomic E-state index is 0.0148. The first-order valence-corrected chi connectivity index (χ1v) is 16.7. The van der Waals surface area contributed by atoms with Gasteiger partial charge in [-0.2, -0.15) is 0 Å². The molecule has 1 N–H and O–H groups in total. The molecule has 0 saturated carbocycles. The number of amides is 2. The van der Waals surface area contributed by atoms with Crippen LogP contribution in [-0.2, 0) is 23.9 Å². The predicted octanol–water partition coefficient (Wildman–Crippen LogP) is 5.92. The highest BCUT2D eigenvalue weighted by Gasteiger charge is 2.42. The van der Waals surface area contributed by atoms with Gasteiger partial charge in [0.2, 0.25) is 11.8 Å². The molecule has 8 heteroatoms. The molecular weight excluding hydrogens is 556 g/mol. The number of rotatable bonds is 18. The van der Waals surface area contributed by atoms with Crippen LogP contribution in [0.5, 0.6) is 0 Å². The van der Waals surface area contributed by atoms with Crippen molar-refractivity contribution in [2.75, 3.05) is 27.8 Å². The second-order valence-corrected chi connectivity index (χ2v) is 13.4. The fourth-order valence-corrected chi connectivity index (χ4v) is 7.13. The Bertz CT molecular complexity index is 1030. The van der Waals surface area contributed by atoms with Crippen molar-refractivity contribution in [2.24, 2.45) is 29.6 Å². The Morgan fingerprint density at radius 2 is 1.59 bits per heavy atom. The van der Waals surface area contributed by atoms with Gasteiger partial charge in [-0.3, -0.25) is 14.4 Å². The van der Waals surface area contributed by atoms with E-state index in [1.165, 1.54) is 0 Å². The minimum atomic E-state index is -0.736. The molecule has 2 rings (SSSR count). The molecule has 9 atom stereocenters. The van der Waals surface area contributed by atoms with Crippen LogP contribution in [0.2, 0.25) is 0 Å². The van der Waals surface area contributed by atoms with Crippen LogP contribution < -0.4 is 0 Å². The molecule has 250 valence electrons. The number of Topliss-reactive ketones (excluding diaryl/α,β-unsaturated/α-hetero) is 1. The smallest absolute Gasteiger partial charge is 0.226 e. The number of ether oxygens (including phenoxy) is 2. The summed E-state index contributed by atoms with van der Waals surface area (Å²) in [6.07, 6.45) is 1.91. The van der Waals surface area contributed by atoms with Crippen molar-refractivity contribution in [1.82, 2.24) is 9.80 Å². The highest BCUT2D eigenvalue weighted by Crippen LogP contribution is 2.32. The zero-order valence-corrected chi connectivity index (χ0v) is 29.0. The maximum absolute atomic E-state index is 13.9. The summed E-state index contributed by atoms with van der Waals surface area (Å²) < 4.78 is 11.9. The molecule has 1 aromatic rings. The van der Waals surface area contributed by atoms with Gasteiger partial charge in [0.15, 0.2) is 0 Å². The molecule has 0 aromatic heterocycles. The Morgan fingerprint density at radius 3 is 2.11 bits per heavy atom. The molecule has 1 heterocycles. The summed E-state index contributed by atoms with van der Waals surface area (Å²) in [7, 11) is 5.08. The second-order valence-electron chi connectivity index (χ2n) is 13.4. The van der Waals surface area contributed by atoms with Gasteiger partial charge in [-0.25, -0.2) is 0 Å². The van der Waals surface area contributed by atoms with E-state index in [2.05, 4.69) is 27.7 Å². The summed E-state index contributed by atoms with van der Waals surface area (Å²) >= 11 is 0. The van der Waals surface area contributed by atoms with Crippen molar-refractivity contribution in [3.63, 3.8) is 0 Å². The largest absolute Gasteiger partial charge is 0.388 e. The average molecular weight is 617 g/mol. The second kappa shape index (κ2) is 18.0. The van der Waals surface area contributed by atoms with Gasteiger partial charge >= 0.3 is 0 Å².